The summed E-state index contributed by atoms with van der Waals surface area (Å²) < 4.78 is 0. The van der Waals surface area contributed by atoms with Crippen LogP contribution in [0.5, 0.6) is 0 Å². The largest absolute Gasteiger partial charge is 0.361 e. The van der Waals surface area contributed by atoms with Gasteiger partial charge in [-0.15, -0.1) is 0 Å². The van der Waals surface area contributed by atoms with Gasteiger partial charge in [-0.3, -0.25) is 14.9 Å². The van der Waals surface area contributed by atoms with E-state index in [0.29, 0.717) is 5.56 Å². The molecule has 106 valence electrons. The SMILES string of the molecule is Cc1cc([N+](=O)[O-])ccc1NC=CC(=O)c1ccccc1. The number of hydrogen-bond acceptors (Lipinski definition) is 4. The minimum absolute atomic E-state index is 0.0439. The van der Waals surface area contributed by atoms with Gasteiger partial charge in [-0.1, -0.05) is 30.3 Å². The van der Waals surface area contributed by atoms with Crippen molar-refractivity contribution in [2.75, 3.05) is 5.32 Å². The van der Waals surface area contributed by atoms with Crippen molar-refractivity contribution in [3.8, 4) is 0 Å². The molecule has 0 bridgehead atoms. The third kappa shape index (κ3) is 3.76. The van der Waals surface area contributed by atoms with Crippen LogP contribution >= 0.6 is 0 Å². The van der Waals surface area contributed by atoms with Crippen molar-refractivity contribution in [3.05, 3.63) is 82.0 Å². The molecule has 2 aromatic carbocycles. The van der Waals surface area contributed by atoms with Crippen molar-refractivity contribution in [2.24, 2.45) is 0 Å². The van der Waals surface area contributed by atoms with Crippen LogP contribution in [0.15, 0.2) is 60.8 Å². The van der Waals surface area contributed by atoms with Crippen molar-refractivity contribution in [2.45, 2.75) is 6.92 Å². The zero-order valence-corrected chi connectivity index (χ0v) is 11.4. The Labute approximate surface area is 122 Å². The molecule has 5 heteroatoms. The fraction of sp³-hybridized carbons (Fsp3) is 0.0625. The fourth-order valence-electron chi connectivity index (χ4n) is 1.83. The average Bonchev–Trinajstić information content (AvgIpc) is 2.49. The number of anilines is 1. The second kappa shape index (κ2) is 6.47. The van der Waals surface area contributed by atoms with Gasteiger partial charge in [-0.05, 0) is 18.6 Å². The van der Waals surface area contributed by atoms with Gasteiger partial charge >= 0.3 is 0 Å². The first-order chi connectivity index (χ1) is 10.1. The highest BCUT2D eigenvalue weighted by Gasteiger charge is 2.07. The molecule has 0 saturated heterocycles. The maximum atomic E-state index is 11.8. The van der Waals surface area contributed by atoms with Crippen molar-refractivity contribution in [1.82, 2.24) is 0 Å². The quantitative estimate of drug-likeness (QED) is 0.392. The van der Waals surface area contributed by atoms with E-state index in [2.05, 4.69) is 5.32 Å². The number of ketones is 1. The summed E-state index contributed by atoms with van der Waals surface area (Å²) >= 11 is 0. The number of carbonyl (C=O) groups is 1. The van der Waals surface area contributed by atoms with Crippen LogP contribution in [0.3, 0.4) is 0 Å². The van der Waals surface area contributed by atoms with Gasteiger partial charge in [0, 0.05) is 35.7 Å². The molecule has 1 N–H and O–H groups in total. The molecule has 0 unspecified atom stereocenters. The van der Waals surface area contributed by atoms with Crippen LogP contribution in [0, 0.1) is 17.0 Å². The molecule has 0 heterocycles. The minimum atomic E-state index is -0.439. The van der Waals surface area contributed by atoms with Gasteiger partial charge in [0.25, 0.3) is 5.69 Å². The summed E-state index contributed by atoms with van der Waals surface area (Å²) in [5.41, 5.74) is 2.11. The predicted molar refractivity (Wildman–Crippen MR) is 81.4 cm³/mol. The number of aryl methyl sites for hydroxylation is 1. The van der Waals surface area contributed by atoms with Gasteiger partial charge in [-0.2, -0.15) is 0 Å². The number of nitro benzene ring substituents is 1. The Kier molecular flexibility index (Phi) is 4.46. The van der Waals surface area contributed by atoms with Crippen LogP contribution in [-0.2, 0) is 0 Å². The number of nitrogens with zero attached hydrogens (tertiary/aromatic N) is 1. The molecular formula is C16H14N2O3. The number of benzene rings is 2. The maximum absolute atomic E-state index is 11.8. The zero-order valence-electron chi connectivity index (χ0n) is 11.4. The van der Waals surface area contributed by atoms with E-state index in [9.17, 15) is 14.9 Å². The lowest BCUT2D eigenvalue weighted by molar-refractivity contribution is -0.384. The molecule has 0 aliphatic rings. The monoisotopic (exact) mass is 282 g/mol. The first kappa shape index (κ1) is 14.5. The van der Waals surface area contributed by atoms with E-state index in [1.165, 1.54) is 24.4 Å². The van der Waals surface area contributed by atoms with Crippen LogP contribution in [0.2, 0.25) is 0 Å². The standard InChI is InChI=1S/C16H14N2O3/c1-12-11-14(18(20)21)7-8-15(12)17-10-9-16(19)13-5-3-2-4-6-13/h2-11,17H,1H3. The lowest BCUT2D eigenvalue weighted by Gasteiger charge is -2.04. The molecule has 0 amide bonds. The highest BCUT2D eigenvalue weighted by atomic mass is 16.6. The number of rotatable bonds is 5. The van der Waals surface area contributed by atoms with Crippen molar-refractivity contribution < 1.29 is 9.72 Å². The molecular weight excluding hydrogens is 268 g/mol. The van der Waals surface area contributed by atoms with E-state index in [4.69, 9.17) is 0 Å². The highest BCUT2D eigenvalue weighted by molar-refractivity contribution is 6.04. The van der Waals surface area contributed by atoms with Gasteiger partial charge in [0.05, 0.1) is 4.92 Å². The zero-order chi connectivity index (χ0) is 15.2. The van der Waals surface area contributed by atoms with Crippen LogP contribution in [0.25, 0.3) is 0 Å². The Hall–Kier alpha value is -2.95. The first-order valence-corrected chi connectivity index (χ1v) is 6.35. The molecule has 0 aliphatic heterocycles. The Morgan fingerprint density at radius 2 is 1.90 bits per heavy atom. The molecule has 0 saturated carbocycles. The maximum Gasteiger partial charge on any atom is 0.269 e. The molecule has 0 atom stereocenters. The molecule has 5 nitrogen and oxygen atoms in total. The second-order valence-electron chi connectivity index (χ2n) is 4.46. The third-order valence-electron chi connectivity index (χ3n) is 2.95. The number of nitro groups is 1. The number of carbonyl (C=O) groups excluding carboxylic acids is 1. The number of nitrogens with one attached hydrogen (secondary N) is 1. The van der Waals surface area contributed by atoms with Crippen molar-refractivity contribution in [1.29, 1.82) is 0 Å². The Bertz CT molecular complexity index is 694. The fourth-order valence-corrected chi connectivity index (χ4v) is 1.83. The van der Waals surface area contributed by atoms with Gasteiger partial charge in [0.15, 0.2) is 5.78 Å². The Morgan fingerprint density at radius 3 is 2.52 bits per heavy atom. The van der Waals surface area contributed by atoms with Gasteiger partial charge < -0.3 is 5.32 Å². The summed E-state index contributed by atoms with van der Waals surface area (Å²) in [6, 6.07) is 13.4. The van der Waals surface area contributed by atoms with E-state index in [1.54, 1.807) is 37.3 Å². The van der Waals surface area contributed by atoms with Gasteiger partial charge in [0.2, 0.25) is 0 Å². The van der Waals surface area contributed by atoms with E-state index in [0.717, 1.165) is 11.3 Å². The first-order valence-electron chi connectivity index (χ1n) is 6.35. The molecule has 21 heavy (non-hydrogen) atoms. The van der Waals surface area contributed by atoms with Crippen molar-refractivity contribution >= 4 is 17.2 Å². The van der Waals surface area contributed by atoms with Crippen molar-refractivity contribution in [3.63, 3.8) is 0 Å². The lowest BCUT2D eigenvalue weighted by Crippen LogP contribution is -1.97. The molecule has 0 fully saturated rings. The third-order valence-corrected chi connectivity index (χ3v) is 2.95. The highest BCUT2D eigenvalue weighted by Crippen LogP contribution is 2.21. The smallest absolute Gasteiger partial charge is 0.269 e. The normalized spacial score (nSPS) is 10.5. The summed E-state index contributed by atoms with van der Waals surface area (Å²) in [6.07, 6.45) is 2.96. The van der Waals surface area contributed by atoms with E-state index in [-0.39, 0.29) is 11.5 Å². The summed E-state index contributed by atoms with van der Waals surface area (Å²) in [4.78, 5) is 22.1. The molecule has 0 radical (unpaired) electrons. The van der Waals surface area contributed by atoms with Crippen LogP contribution in [-0.4, -0.2) is 10.7 Å². The Morgan fingerprint density at radius 1 is 1.19 bits per heavy atom. The minimum Gasteiger partial charge on any atom is -0.361 e. The van der Waals surface area contributed by atoms with E-state index in [1.807, 2.05) is 6.07 Å². The van der Waals surface area contributed by atoms with Gasteiger partial charge in [0.1, 0.15) is 0 Å². The molecule has 0 aromatic heterocycles. The van der Waals surface area contributed by atoms with E-state index < -0.39 is 4.92 Å². The number of non-ortho nitro benzene ring substituents is 1. The molecule has 0 aliphatic carbocycles. The second-order valence-corrected chi connectivity index (χ2v) is 4.46. The lowest BCUT2D eigenvalue weighted by atomic mass is 10.1. The molecule has 2 rings (SSSR count). The Balaban J connectivity index is 2.05. The average molecular weight is 282 g/mol. The van der Waals surface area contributed by atoms with Crippen LogP contribution < -0.4 is 5.32 Å². The molecule has 2 aromatic rings. The van der Waals surface area contributed by atoms with Crippen LogP contribution in [0.4, 0.5) is 11.4 Å². The summed E-state index contributed by atoms with van der Waals surface area (Å²) in [6.45, 7) is 1.77. The summed E-state index contributed by atoms with van der Waals surface area (Å²) in [5.74, 6) is -0.109. The summed E-state index contributed by atoms with van der Waals surface area (Å²) in [7, 11) is 0. The van der Waals surface area contributed by atoms with Crippen LogP contribution in [0.1, 0.15) is 15.9 Å². The molecule has 0 spiro atoms. The predicted octanol–water partition coefficient (Wildman–Crippen LogP) is 3.71. The van der Waals surface area contributed by atoms with E-state index >= 15 is 0 Å². The summed E-state index contributed by atoms with van der Waals surface area (Å²) in [5, 5.41) is 13.6. The van der Waals surface area contributed by atoms with Gasteiger partial charge in [-0.25, -0.2) is 0 Å². The number of allylic oxidation sites excluding steroid dienone is 1. The number of hydrogen-bond donors (Lipinski definition) is 1. The topological polar surface area (TPSA) is 72.2 Å².